The van der Waals surface area contributed by atoms with Gasteiger partial charge in [0.2, 0.25) is 6.54 Å². The molecule has 1 spiro atoms. The van der Waals surface area contributed by atoms with Gasteiger partial charge in [0.25, 0.3) is 0 Å². The molecule has 6 heteroatoms. The number of rotatable bonds is 2. The first-order chi connectivity index (χ1) is 9.95. The zero-order valence-corrected chi connectivity index (χ0v) is 11.6. The van der Waals surface area contributed by atoms with Crippen molar-refractivity contribution >= 4 is 11.8 Å². The summed E-state index contributed by atoms with van der Waals surface area (Å²) in [7, 11) is 0. The first kappa shape index (κ1) is 13.7. The summed E-state index contributed by atoms with van der Waals surface area (Å²) < 4.78 is 5.32. The SMILES string of the molecule is Cc1ccc2c(c1)[C@@H](C[N+](=O)[O-])[C@]1(CCCC1=O)C(=O)O2. The van der Waals surface area contributed by atoms with E-state index in [9.17, 15) is 19.7 Å². The second-order valence-electron chi connectivity index (χ2n) is 5.75. The van der Waals surface area contributed by atoms with E-state index in [2.05, 4.69) is 0 Å². The van der Waals surface area contributed by atoms with E-state index in [4.69, 9.17) is 4.74 Å². The van der Waals surface area contributed by atoms with Crippen LogP contribution in [0, 0.1) is 22.5 Å². The second-order valence-corrected chi connectivity index (χ2v) is 5.75. The van der Waals surface area contributed by atoms with Crippen molar-refractivity contribution in [1.82, 2.24) is 0 Å². The summed E-state index contributed by atoms with van der Waals surface area (Å²) in [4.78, 5) is 35.3. The lowest BCUT2D eigenvalue weighted by Crippen LogP contribution is -2.48. The van der Waals surface area contributed by atoms with Crippen LogP contribution in [0.1, 0.15) is 36.3 Å². The van der Waals surface area contributed by atoms with Gasteiger partial charge in [0.1, 0.15) is 11.2 Å². The van der Waals surface area contributed by atoms with Crippen molar-refractivity contribution in [2.24, 2.45) is 5.41 Å². The predicted octanol–water partition coefficient (Wildman–Crippen LogP) is 2.01. The Morgan fingerprint density at radius 2 is 2.19 bits per heavy atom. The van der Waals surface area contributed by atoms with Crippen LogP contribution in [0.5, 0.6) is 5.75 Å². The summed E-state index contributed by atoms with van der Waals surface area (Å²) in [6.45, 7) is 1.43. The average molecular weight is 289 g/mol. The molecule has 1 aliphatic carbocycles. The van der Waals surface area contributed by atoms with Crippen molar-refractivity contribution in [2.75, 3.05) is 6.54 Å². The standard InChI is InChI=1S/C15H15NO5/c1-9-4-5-12-10(7-9)11(8-16(19)20)15(14(18)21-12)6-2-3-13(15)17/h4-5,7,11H,2-3,6,8H2,1H3/t11-,15+/m1/s1. The maximum Gasteiger partial charge on any atom is 0.325 e. The van der Waals surface area contributed by atoms with Crippen molar-refractivity contribution in [3.8, 4) is 5.75 Å². The Kier molecular flexibility index (Phi) is 3.04. The van der Waals surface area contributed by atoms with Crippen molar-refractivity contribution < 1.29 is 19.2 Å². The molecule has 2 aliphatic rings. The van der Waals surface area contributed by atoms with E-state index in [0.717, 1.165) is 5.56 Å². The quantitative estimate of drug-likeness (QED) is 0.273. The Bertz CT molecular complexity index is 653. The molecule has 1 aromatic carbocycles. The molecule has 1 aliphatic heterocycles. The molecule has 110 valence electrons. The van der Waals surface area contributed by atoms with Crippen molar-refractivity contribution in [3.05, 3.63) is 39.4 Å². The number of aryl methyl sites for hydroxylation is 1. The van der Waals surface area contributed by atoms with Gasteiger partial charge in [-0.1, -0.05) is 17.7 Å². The van der Waals surface area contributed by atoms with Gasteiger partial charge in [0, 0.05) is 16.9 Å². The molecule has 3 rings (SSSR count). The normalized spacial score (nSPS) is 27.6. The summed E-state index contributed by atoms with van der Waals surface area (Å²) in [6.07, 6.45) is 1.18. The Morgan fingerprint density at radius 3 is 2.81 bits per heavy atom. The minimum absolute atomic E-state index is 0.230. The van der Waals surface area contributed by atoms with E-state index >= 15 is 0 Å². The lowest BCUT2D eigenvalue weighted by molar-refractivity contribution is -0.485. The number of hydrogen-bond donors (Lipinski definition) is 0. The van der Waals surface area contributed by atoms with E-state index in [-0.39, 0.29) is 12.2 Å². The van der Waals surface area contributed by atoms with Gasteiger partial charge in [-0.05, 0) is 25.8 Å². The van der Waals surface area contributed by atoms with Crippen molar-refractivity contribution in [1.29, 1.82) is 0 Å². The number of nitrogens with zero attached hydrogens (tertiary/aromatic N) is 1. The number of fused-ring (bicyclic) bond motifs is 1. The fourth-order valence-electron chi connectivity index (χ4n) is 3.51. The molecule has 6 nitrogen and oxygen atoms in total. The summed E-state index contributed by atoms with van der Waals surface area (Å²) in [5.74, 6) is -1.26. The van der Waals surface area contributed by atoms with Crippen LogP contribution in [0.15, 0.2) is 18.2 Å². The van der Waals surface area contributed by atoms with Gasteiger partial charge in [0.05, 0.1) is 5.92 Å². The fraction of sp³-hybridized carbons (Fsp3) is 0.467. The molecule has 1 heterocycles. The number of ketones is 1. The highest BCUT2D eigenvalue weighted by molar-refractivity contribution is 6.08. The third-order valence-corrected chi connectivity index (χ3v) is 4.51. The van der Waals surface area contributed by atoms with Crippen molar-refractivity contribution in [3.63, 3.8) is 0 Å². The summed E-state index contributed by atoms with van der Waals surface area (Å²) in [5.41, 5.74) is 0.149. The van der Waals surface area contributed by atoms with Crippen LogP contribution in [-0.4, -0.2) is 23.2 Å². The number of hydrogen-bond acceptors (Lipinski definition) is 5. The first-order valence-corrected chi connectivity index (χ1v) is 6.93. The number of carbonyl (C=O) groups excluding carboxylic acids is 2. The van der Waals surface area contributed by atoms with Gasteiger partial charge < -0.3 is 4.74 Å². The molecule has 0 N–H and O–H groups in total. The molecular weight excluding hydrogens is 274 g/mol. The van der Waals surface area contributed by atoms with Crippen LogP contribution in [0.3, 0.4) is 0 Å². The van der Waals surface area contributed by atoms with E-state index in [1.54, 1.807) is 18.2 Å². The predicted molar refractivity (Wildman–Crippen MR) is 72.7 cm³/mol. The summed E-state index contributed by atoms with van der Waals surface area (Å²) >= 11 is 0. The minimum Gasteiger partial charge on any atom is -0.425 e. The van der Waals surface area contributed by atoms with Crippen LogP contribution in [0.4, 0.5) is 0 Å². The smallest absolute Gasteiger partial charge is 0.325 e. The molecule has 0 aromatic heterocycles. The highest BCUT2D eigenvalue weighted by Crippen LogP contribution is 2.52. The zero-order valence-electron chi connectivity index (χ0n) is 11.6. The topological polar surface area (TPSA) is 86.5 Å². The summed E-state index contributed by atoms with van der Waals surface area (Å²) in [5, 5.41) is 11.1. The number of nitro groups is 1. The molecule has 1 fully saturated rings. The fourth-order valence-corrected chi connectivity index (χ4v) is 3.51. The van der Waals surface area contributed by atoms with Crippen LogP contribution < -0.4 is 4.74 Å². The first-order valence-electron chi connectivity index (χ1n) is 6.93. The van der Waals surface area contributed by atoms with E-state index in [1.807, 2.05) is 6.92 Å². The van der Waals surface area contributed by atoms with Crippen LogP contribution in [-0.2, 0) is 9.59 Å². The molecule has 0 unspecified atom stereocenters. The van der Waals surface area contributed by atoms with Crippen LogP contribution in [0.25, 0.3) is 0 Å². The van der Waals surface area contributed by atoms with E-state index in [1.165, 1.54) is 0 Å². The monoisotopic (exact) mass is 289 g/mol. The highest BCUT2D eigenvalue weighted by Gasteiger charge is 2.60. The Balaban J connectivity index is 2.19. The van der Waals surface area contributed by atoms with Crippen LogP contribution in [0.2, 0.25) is 0 Å². The summed E-state index contributed by atoms with van der Waals surface area (Å²) in [6, 6.07) is 5.20. The molecule has 0 bridgehead atoms. The van der Waals surface area contributed by atoms with Gasteiger partial charge in [-0.2, -0.15) is 0 Å². The average Bonchev–Trinajstić information content (AvgIpc) is 2.79. The van der Waals surface area contributed by atoms with Crippen molar-refractivity contribution in [2.45, 2.75) is 32.1 Å². The van der Waals surface area contributed by atoms with E-state index < -0.39 is 28.8 Å². The lowest BCUT2D eigenvalue weighted by atomic mass is 9.68. The number of carbonyl (C=O) groups is 2. The number of benzene rings is 1. The Labute approximate surface area is 121 Å². The number of Topliss-reactive ketones (excluding diaryl/α,β-unsaturated/α-hetero) is 1. The zero-order chi connectivity index (χ0) is 15.2. The molecule has 0 amide bonds. The maximum absolute atomic E-state index is 12.4. The molecule has 1 saturated carbocycles. The molecule has 2 atom stereocenters. The Hall–Kier alpha value is -2.24. The third-order valence-electron chi connectivity index (χ3n) is 4.51. The van der Waals surface area contributed by atoms with Gasteiger partial charge in [-0.15, -0.1) is 0 Å². The van der Waals surface area contributed by atoms with Gasteiger partial charge in [0.15, 0.2) is 5.78 Å². The maximum atomic E-state index is 12.4. The van der Waals surface area contributed by atoms with Gasteiger partial charge in [-0.3, -0.25) is 19.7 Å². The number of ether oxygens (including phenoxy) is 1. The molecule has 0 saturated heterocycles. The second kappa shape index (κ2) is 4.65. The highest BCUT2D eigenvalue weighted by atomic mass is 16.6. The lowest BCUT2D eigenvalue weighted by Gasteiger charge is -2.36. The van der Waals surface area contributed by atoms with E-state index in [0.29, 0.717) is 24.2 Å². The van der Waals surface area contributed by atoms with Gasteiger partial charge in [-0.25, -0.2) is 0 Å². The van der Waals surface area contributed by atoms with Crippen LogP contribution >= 0.6 is 0 Å². The number of esters is 1. The molecule has 1 aromatic rings. The molecule has 0 radical (unpaired) electrons. The molecular formula is C15H15NO5. The minimum atomic E-state index is -1.37. The largest absolute Gasteiger partial charge is 0.425 e. The Morgan fingerprint density at radius 1 is 1.43 bits per heavy atom. The third kappa shape index (κ3) is 1.93. The molecule has 21 heavy (non-hydrogen) atoms. The van der Waals surface area contributed by atoms with Gasteiger partial charge >= 0.3 is 5.97 Å².